The van der Waals surface area contributed by atoms with Crippen LogP contribution in [0.1, 0.15) is 35.1 Å². The molecule has 202 valence electrons. The Hall–Kier alpha value is -4.06. The number of hydrogen-bond donors (Lipinski definition) is 0. The Morgan fingerprint density at radius 2 is 1.67 bits per heavy atom. The van der Waals surface area contributed by atoms with Gasteiger partial charge >= 0.3 is 6.18 Å². The molecule has 2 heterocycles. The van der Waals surface area contributed by atoms with Crippen molar-refractivity contribution in [1.29, 1.82) is 0 Å². The molecule has 1 amide bonds. The van der Waals surface area contributed by atoms with Crippen LogP contribution in [0.5, 0.6) is 0 Å². The standard InChI is InChI=1S/C27H24F3N5O3S/c1-18-6-13-23(14-7-18)39(37,38)35-22(12-15-25(35)36)17-34-32-26(31-33-34)24-5-3-2-4-20(24)16-19-8-10-21(11-9-19)27(28,29)30/h2-11,13-14,22H,12,15-17H2,1H3. The van der Waals surface area contributed by atoms with E-state index in [9.17, 15) is 26.4 Å². The molecule has 1 aromatic heterocycles. The Labute approximate surface area is 223 Å². The molecule has 5 rings (SSSR count). The van der Waals surface area contributed by atoms with Crippen molar-refractivity contribution in [2.75, 3.05) is 0 Å². The van der Waals surface area contributed by atoms with Gasteiger partial charge in [0.25, 0.3) is 10.0 Å². The number of tetrazole rings is 1. The van der Waals surface area contributed by atoms with Crippen LogP contribution in [0.25, 0.3) is 11.4 Å². The molecule has 0 radical (unpaired) electrons. The SMILES string of the molecule is Cc1ccc(S(=O)(=O)N2C(=O)CCC2Cn2nnc(-c3ccccc3Cc3ccc(C(F)(F)F)cc3)n2)cc1. The molecule has 39 heavy (non-hydrogen) atoms. The van der Waals surface area contributed by atoms with Crippen molar-refractivity contribution in [3.63, 3.8) is 0 Å². The molecule has 1 unspecified atom stereocenters. The van der Waals surface area contributed by atoms with Gasteiger partial charge in [-0.1, -0.05) is 54.1 Å². The van der Waals surface area contributed by atoms with Gasteiger partial charge in [0.1, 0.15) is 0 Å². The first-order valence-corrected chi connectivity index (χ1v) is 13.6. The second-order valence-electron chi connectivity index (χ2n) is 9.40. The van der Waals surface area contributed by atoms with E-state index in [1.165, 1.54) is 29.1 Å². The summed E-state index contributed by atoms with van der Waals surface area (Å²) in [5.41, 5.74) is 2.31. The van der Waals surface area contributed by atoms with Crippen LogP contribution < -0.4 is 0 Å². The van der Waals surface area contributed by atoms with Crippen molar-refractivity contribution < 1.29 is 26.4 Å². The predicted octanol–water partition coefficient (Wildman–Crippen LogP) is 4.64. The smallest absolute Gasteiger partial charge is 0.274 e. The lowest BCUT2D eigenvalue weighted by Crippen LogP contribution is -2.41. The van der Waals surface area contributed by atoms with Crippen LogP contribution in [-0.4, -0.2) is 44.9 Å². The lowest BCUT2D eigenvalue weighted by molar-refractivity contribution is -0.137. The van der Waals surface area contributed by atoms with Crippen molar-refractivity contribution in [3.05, 3.63) is 95.1 Å². The number of hydrogen-bond acceptors (Lipinski definition) is 6. The third-order valence-electron chi connectivity index (χ3n) is 6.61. The normalized spacial score (nSPS) is 16.2. The van der Waals surface area contributed by atoms with Crippen LogP contribution in [0.15, 0.2) is 77.7 Å². The van der Waals surface area contributed by atoms with E-state index in [0.29, 0.717) is 24.0 Å². The zero-order chi connectivity index (χ0) is 27.8. The molecule has 0 spiro atoms. The van der Waals surface area contributed by atoms with E-state index in [1.54, 1.807) is 24.3 Å². The fourth-order valence-electron chi connectivity index (χ4n) is 4.58. The number of aryl methyl sites for hydroxylation is 1. The van der Waals surface area contributed by atoms with Crippen molar-refractivity contribution in [2.45, 2.75) is 49.8 Å². The van der Waals surface area contributed by atoms with Crippen molar-refractivity contribution in [1.82, 2.24) is 24.5 Å². The first-order valence-electron chi connectivity index (χ1n) is 12.2. The van der Waals surface area contributed by atoms with Crippen molar-refractivity contribution in [3.8, 4) is 11.4 Å². The van der Waals surface area contributed by atoms with Crippen LogP contribution >= 0.6 is 0 Å². The zero-order valence-corrected chi connectivity index (χ0v) is 21.7. The van der Waals surface area contributed by atoms with Crippen LogP contribution in [0.2, 0.25) is 0 Å². The van der Waals surface area contributed by atoms with Crippen LogP contribution in [0.3, 0.4) is 0 Å². The summed E-state index contributed by atoms with van der Waals surface area (Å²) in [6.07, 6.45) is -3.64. The Morgan fingerprint density at radius 1 is 0.974 bits per heavy atom. The number of sulfonamides is 1. The Bertz CT molecular complexity index is 1600. The van der Waals surface area contributed by atoms with E-state index >= 15 is 0 Å². The van der Waals surface area contributed by atoms with Gasteiger partial charge in [0, 0.05) is 12.0 Å². The lowest BCUT2D eigenvalue weighted by Gasteiger charge is -2.23. The number of amides is 1. The maximum absolute atomic E-state index is 13.3. The fraction of sp³-hybridized carbons (Fsp3) is 0.259. The van der Waals surface area contributed by atoms with Crippen LogP contribution in [0, 0.1) is 6.92 Å². The van der Waals surface area contributed by atoms with Gasteiger partial charge in [-0.3, -0.25) is 4.79 Å². The monoisotopic (exact) mass is 555 g/mol. The largest absolute Gasteiger partial charge is 0.416 e. The van der Waals surface area contributed by atoms with Gasteiger partial charge in [-0.25, -0.2) is 12.7 Å². The third kappa shape index (κ3) is 5.56. The topological polar surface area (TPSA) is 98.1 Å². The van der Waals surface area contributed by atoms with E-state index in [-0.39, 0.29) is 23.7 Å². The van der Waals surface area contributed by atoms with Gasteiger partial charge in [-0.15, -0.1) is 10.2 Å². The third-order valence-corrected chi connectivity index (χ3v) is 8.50. The molecule has 0 N–H and O–H groups in total. The summed E-state index contributed by atoms with van der Waals surface area (Å²) < 4.78 is 66.2. The molecule has 0 saturated carbocycles. The summed E-state index contributed by atoms with van der Waals surface area (Å²) in [5, 5.41) is 12.6. The van der Waals surface area contributed by atoms with Gasteiger partial charge < -0.3 is 0 Å². The highest BCUT2D eigenvalue weighted by Crippen LogP contribution is 2.31. The molecule has 8 nitrogen and oxygen atoms in total. The second kappa shape index (κ2) is 10.3. The molecule has 12 heteroatoms. The Balaban J connectivity index is 1.36. The summed E-state index contributed by atoms with van der Waals surface area (Å²) >= 11 is 0. The summed E-state index contributed by atoms with van der Waals surface area (Å²) in [4.78, 5) is 13.9. The number of benzene rings is 3. The minimum absolute atomic E-state index is 0.0326. The Morgan fingerprint density at radius 3 is 2.36 bits per heavy atom. The minimum atomic E-state index is -4.40. The number of carbonyl (C=O) groups is 1. The van der Waals surface area contributed by atoms with E-state index in [1.807, 2.05) is 19.1 Å². The molecular weight excluding hydrogens is 531 g/mol. The van der Waals surface area contributed by atoms with Gasteiger partial charge in [-0.2, -0.15) is 18.0 Å². The molecule has 4 aromatic rings. The summed E-state index contributed by atoms with van der Waals surface area (Å²) in [6.45, 7) is 1.88. The molecule has 3 aromatic carbocycles. The number of halogens is 3. The van der Waals surface area contributed by atoms with E-state index in [4.69, 9.17) is 0 Å². The first kappa shape index (κ1) is 26.5. The van der Waals surface area contributed by atoms with Crippen molar-refractivity contribution >= 4 is 15.9 Å². The highest BCUT2D eigenvalue weighted by Gasteiger charge is 2.41. The molecule has 0 bridgehead atoms. The highest BCUT2D eigenvalue weighted by molar-refractivity contribution is 7.89. The Kier molecular flexibility index (Phi) is 6.98. The number of aromatic nitrogens is 4. The van der Waals surface area contributed by atoms with Gasteiger partial charge in [-0.05, 0) is 60.4 Å². The number of rotatable bonds is 7. The molecular formula is C27H24F3N5O3S. The van der Waals surface area contributed by atoms with Gasteiger partial charge in [0.15, 0.2) is 0 Å². The maximum atomic E-state index is 13.3. The van der Waals surface area contributed by atoms with E-state index in [2.05, 4.69) is 15.4 Å². The van der Waals surface area contributed by atoms with Crippen LogP contribution in [-0.2, 0) is 34.0 Å². The molecule has 1 aliphatic heterocycles. The van der Waals surface area contributed by atoms with Crippen molar-refractivity contribution in [2.24, 2.45) is 0 Å². The molecule has 0 aliphatic carbocycles. The zero-order valence-electron chi connectivity index (χ0n) is 20.8. The second-order valence-corrected chi connectivity index (χ2v) is 11.2. The molecule has 1 saturated heterocycles. The van der Waals surface area contributed by atoms with E-state index < -0.39 is 33.7 Å². The first-order chi connectivity index (χ1) is 18.5. The van der Waals surface area contributed by atoms with Crippen LogP contribution in [0.4, 0.5) is 13.2 Å². The average Bonchev–Trinajstić information content (AvgIpc) is 3.51. The average molecular weight is 556 g/mol. The predicted molar refractivity (Wildman–Crippen MR) is 136 cm³/mol. The summed E-state index contributed by atoms with van der Waals surface area (Å²) in [7, 11) is -4.05. The number of alkyl halides is 3. The highest BCUT2D eigenvalue weighted by atomic mass is 32.2. The summed E-state index contributed by atoms with van der Waals surface area (Å²) in [5.74, 6) is -0.197. The lowest BCUT2D eigenvalue weighted by atomic mass is 9.98. The fourth-order valence-corrected chi connectivity index (χ4v) is 6.21. The van der Waals surface area contributed by atoms with Gasteiger partial charge in [0.05, 0.1) is 23.0 Å². The molecule has 1 fully saturated rings. The summed E-state index contributed by atoms with van der Waals surface area (Å²) in [6, 6.07) is 17.8. The minimum Gasteiger partial charge on any atom is -0.274 e. The quantitative estimate of drug-likeness (QED) is 0.330. The number of carbonyl (C=O) groups excluding carboxylic acids is 1. The molecule has 1 aliphatic rings. The maximum Gasteiger partial charge on any atom is 0.416 e. The van der Waals surface area contributed by atoms with Gasteiger partial charge in [0.2, 0.25) is 11.7 Å². The van der Waals surface area contributed by atoms with E-state index in [0.717, 1.165) is 27.6 Å². The number of nitrogens with zero attached hydrogens (tertiary/aromatic N) is 5. The molecule has 1 atom stereocenters.